The molecule has 208 valence electrons. The van der Waals surface area contributed by atoms with Crippen LogP contribution >= 0.6 is 11.6 Å². The molecular formula is C28H33ClFN5O4. The van der Waals surface area contributed by atoms with E-state index in [-0.39, 0.29) is 23.8 Å². The van der Waals surface area contributed by atoms with Gasteiger partial charge in [0.1, 0.15) is 29.1 Å². The average molecular weight is 558 g/mol. The molecule has 2 heterocycles. The lowest BCUT2D eigenvalue weighted by Crippen LogP contribution is -2.50. The quantitative estimate of drug-likeness (QED) is 0.555. The van der Waals surface area contributed by atoms with Gasteiger partial charge in [-0.2, -0.15) is 5.26 Å². The van der Waals surface area contributed by atoms with E-state index in [0.717, 1.165) is 12.8 Å². The van der Waals surface area contributed by atoms with Crippen LogP contribution in [-0.2, 0) is 4.74 Å². The number of halogens is 2. The fraction of sp³-hybridized carbons (Fsp3) is 0.500. The van der Waals surface area contributed by atoms with Crippen molar-refractivity contribution >= 4 is 29.4 Å². The standard InChI is InChI=1S/C28H33ClFN5O4/c1-28(2,3)39-27(37)35-12-10-34(11-13-35)25-15-24(30)22(17-32-25)26(36)33-19-5-8-20(9-6-19)38-21-7-4-18(16-31)23(29)14-21/h4,7,14-15,17,19-20H,5-6,8-13H2,1-3H3,(H,33,36)/t19-,20-. The summed E-state index contributed by atoms with van der Waals surface area (Å²) in [7, 11) is 0. The van der Waals surface area contributed by atoms with E-state index in [0.29, 0.717) is 61.2 Å². The highest BCUT2D eigenvalue weighted by atomic mass is 35.5. The number of amides is 2. The molecule has 1 saturated heterocycles. The van der Waals surface area contributed by atoms with Crippen molar-refractivity contribution < 1.29 is 23.5 Å². The number of pyridine rings is 1. The van der Waals surface area contributed by atoms with Crippen LogP contribution in [0, 0.1) is 17.1 Å². The molecule has 1 aliphatic heterocycles. The van der Waals surface area contributed by atoms with Gasteiger partial charge in [0.2, 0.25) is 0 Å². The van der Waals surface area contributed by atoms with E-state index in [1.54, 1.807) is 23.1 Å². The summed E-state index contributed by atoms with van der Waals surface area (Å²) >= 11 is 6.08. The van der Waals surface area contributed by atoms with Crippen molar-refractivity contribution in [1.29, 1.82) is 5.26 Å². The Kier molecular flexibility index (Phi) is 8.80. The number of benzene rings is 1. The third kappa shape index (κ3) is 7.51. The number of piperazine rings is 1. The Morgan fingerprint density at radius 2 is 1.82 bits per heavy atom. The molecule has 1 saturated carbocycles. The molecule has 0 spiro atoms. The molecule has 2 aromatic rings. The normalized spacial score (nSPS) is 19.7. The fourth-order valence-corrected chi connectivity index (χ4v) is 4.86. The second-order valence-electron chi connectivity index (χ2n) is 10.8. The number of anilines is 1. The zero-order valence-electron chi connectivity index (χ0n) is 22.4. The summed E-state index contributed by atoms with van der Waals surface area (Å²) in [6.45, 7) is 7.30. The Labute approximate surface area is 232 Å². The number of hydrogen-bond acceptors (Lipinski definition) is 7. The first-order chi connectivity index (χ1) is 18.5. The van der Waals surface area contributed by atoms with Gasteiger partial charge in [-0.3, -0.25) is 4.79 Å². The molecule has 11 heteroatoms. The molecule has 4 rings (SSSR count). The van der Waals surface area contributed by atoms with Crippen molar-refractivity contribution in [2.45, 2.75) is 64.2 Å². The minimum atomic E-state index is -0.637. The molecule has 1 aromatic carbocycles. The molecule has 2 fully saturated rings. The van der Waals surface area contributed by atoms with Gasteiger partial charge in [0.25, 0.3) is 5.91 Å². The SMILES string of the molecule is CC(C)(C)OC(=O)N1CCN(c2cc(F)c(C(=O)N[C@H]3CC[C@H](Oc4ccc(C#N)c(Cl)c4)CC3)cn2)CC1. The van der Waals surface area contributed by atoms with Crippen LogP contribution in [0.3, 0.4) is 0 Å². The highest BCUT2D eigenvalue weighted by molar-refractivity contribution is 6.31. The number of nitrogens with one attached hydrogen (secondary N) is 1. The lowest BCUT2D eigenvalue weighted by Gasteiger charge is -2.36. The summed E-state index contributed by atoms with van der Waals surface area (Å²) in [6.07, 6.45) is 3.69. The predicted molar refractivity (Wildman–Crippen MR) is 145 cm³/mol. The predicted octanol–water partition coefficient (Wildman–Crippen LogP) is 4.92. The number of carbonyl (C=O) groups is 2. The molecular weight excluding hydrogens is 525 g/mol. The summed E-state index contributed by atoms with van der Waals surface area (Å²) in [5.74, 6) is -0.106. The van der Waals surface area contributed by atoms with Crippen molar-refractivity contribution in [3.63, 3.8) is 0 Å². The fourth-order valence-electron chi connectivity index (χ4n) is 4.65. The summed E-state index contributed by atoms with van der Waals surface area (Å²) in [5.41, 5.74) is -0.272. The minimum absolute atomic E-state index is 0.0318. The summed E-state index contributed by atoms with van der Waals surface area (Å²) < 4.78 is 26.3. The van der Waals surface area contributed by atoms with Gasteiger partial charge in [0.05, 0.1) is 22.3 Å². The lowest BCUT2D eigenvalue weighted by atomic mass is 9.92. The van der Waals surface area contributed by atoms with Gasteiger partial charge in [0, 0.05) is 50.6 Å². The molecule has 1 aromatic heterocycles. The van der Waals surface area contributed by atoms with Gasteiger partial charge in [-0.05, 0) is 58.6 Å². The van der Waals surface area contributed by atoms with Crippen molar-refractivity contribution in [3.05, 3.63) is 52.4 Å². The molecule has 1 aliphatic carbocycles. The smallest absolute Gasteiger partial charge is 0.410 e. The van der Waals surface area contributed by atoms with E-state index in [1.807, 2.05) is 31.7 Å². The zero-order chi connectivity index (χ0) is 28.2. The average Bonchev–Trinajstić information content (AvgIpc) is 2.89. The summed E-state index contributed by atoms with van der Waals surface area (Å²) in [5, 5.41) is 12.3. The monoisotopic (exact) mass is 557 g/mol. The first-order valence-electron chi connectivity index (χ1n) is 13.1. The van der Waals surface area contributed by atoms with Crippen LogP contribution in [0.2, 0.25) is 5.02 Å². The van der Waals surface area contributed by atoms with Gasteiger partial charge in [-0.1, -0.05) is 11.6 Å². The third-order valence-corrected chi connectivity index (χ3v) is 7.02. The molecule has 0 unspecified atom stereocenters. The van der Waals surface area contributed by atoms with Crippen molar-refractivity contribution in [2.24, 2.45) is 0 Å². The van der Waals surface area contributed by atoms with Crippen molar-refractivity contribution in [1.82, 2.24) is 15.2 Å². The lowest BCUT2D eigenvalue weighted by molar-refractivity contribution is 0.0240. The number of nitrogens with zero attached hydrogens (tertiary/aromatic N) is 4. The molecule has 2 amide bonds. The van der Waals surface area contributed by atoms with Gasteiger partial charge < -0.3 is 24.6 Å². The van der Waals surface area contributed by atoms with Gasteiger partial charge >= 0.3 is 6.09 Å². The van der Waals surface area contributed by atoms with Crippen LogP contribution in [0.25, 0.3) is 0 Å². The first kappa shape index (κ1) is 28.4. The van der Waals surface area contributed by atoms with Crippen LogP contribution in [0.4, 0.5) is 15.0 Å². The van der Waals surface area contributed by atoms with E-state index >= 15 is 0 Å². The maximum atomic E-state index is 14.9. The highest BCUT2D eigenvalue weighted by Crippen LogP contribution is 2.28. The van der Waals surface area contributed by atoms with Crippen LogP contribution in [0.1, 0.15) is 62.4 Å². The topological polar surface area (TPSA) is 108 Å². The third-order valence-electron chi connectivity index (χ3n) is 6.71. The molecule has 0 radical (unpaired) electrons. The van der Waals surface area contributed by atoms with Gasteiger partial charge in [-0.25, -0.2) is 14.2 Å². The van der Waals surface area contributed by atoms with E-state index < -0.39 is 17.3 Å². The number of rotatable bonds is 5. The van der Waals surface area contributed by atoms with Crippen molar-refractivity contribution in [3.8, 4) is 11.8 Å². The summed E-state index contributed by atoms with van der Waals surface area (Å²) in [6, 6.07) is 8.17. The molecule has 0 bridgehead atoms. The molecule has 9 nitrogen and oxygen atoms in total. The summed E-state index contributed by atoms with van der Waals surface area (Å²) in [4.78, 5) is 32.9. The Morgan fingerprint density at radius 3 is 2.41 bits per heavy atom. The largest absolute Gasteiger partial charge is 0.490 e. The number of aromatic nitrogens is 1. The number of carbonyl (C=O) groups excluding carboxylic acids is 2. The van der Waals surface area contributed by atoms with Crippen LogP contribution in [0.15, 0.2) is 30.5 Å². The second kappa shape index (κ2) is 12.1. The zero-order valence-corrected chi connectivity index (χ0v) is 23.1. The Morgan fingerprint density at radius 1 is 1.13 bits per heavy atom. The van der Waals surface area contributed by atoms with E-state index in [1.165, 1.54) is 12.3 Å². The Balaban J connectivity index is 1.25. The Bertz CT molecular complexity index is 1250. The Hall–Kier alpha value is -3.58. The van der Waals surface area contributed by atoms with Crippen LogP contribution in [0.5, 0.6) is 5.75 Å². The van der Waals surface area contributed by atoms with E-state index in [4.69, 9.17) is 26.3 Å². The van der Waals surface area contributed by atoms with Gasteiger partial charge in [0.15, 0.2) is 0 Å². The maximum absolute atomic E-state index is 14.9. The number of nitriles is 1. The molecule has 39 heavy (non-hydrogen) atoms. The molecule has 1 N–H and O–H groups in total. The highest BCUT2D eigenvalue weighted by Gasteiger charge is 2.28. The van der Waals surface area contributed by atoms with E-state index in [9.17, 15) is 14.0 Å². The minimum Gasteiger partial charge on any atom is -0.490 e. The second-order valence-corrected chi connectivity index (χ2v) is 11.2. The number of ether oxygens (including phenoxy) is 2. The van der Waals surface area contributed by atoms with Crippen molar-refractivity contribution in [2.75, 3.05) is 31.1 Å². The first-order valence-corrected chi connectivity index (χ1v) is 13.5. The van der Waals surface area contributed by atoms with Gasteiger partial charge in [-0.15, -0.1) is 0 Å². The van der Waals surface area contributed by atoms with Crippen LogP contribution in [-0.4, -0.2) is 65.8 Å². The molecule has 0 atom stereocenters. The van der Waals surface area contributed by atoms with E-state index in [2.05, 4.69) is 10.3 Å². The molecule has 2 aliphatic rings. The maximum Gasteiger partial charge on any atom is 0.410 e. The number of hydrogen-bond donors (Lipinski definition) is 1. The van der Waals surface area contributed by atoms with Crippen LogP contribution < -0.4 is 15.0 Å².